The van der Waals surface area contributed by atoms with E-state index in [1.54, 1.807) is 7.11 Å². The third-order valence-corrected chi connectivity index (χ3v) is 3.58. The summed E-state index contributed by atoms with van der Waals surface area (Å²) in [6.07, 6.45) is 2.72. The van der Waals surface area contributed by atoms with Gasteiger partial charge < -0.3 is 14.8 Å². The molecule has 0 aliphatic heterocycles. The summed E-state index contributed by atoms with van der Waals surface area (Å²) in [4.78, 5) is 0. The van der Waals surface area contributed by atoms with E-state index in [4.69, 9.17) is 9.47 Å². The fourth-order valence-corrected chi connectivity index (χ4v) is 2.43. The minimum Gasteiger partial charge on any atom is -0.497 e. The molecule has 100 valence electrons. The van der Waals surface area contributed by atoms with Crippen LogP contribution >= 0.6 is 0 Å². The summed E-state index contributed by atoms with van der Waals surface area (Å²) in [5.41, 5.74) is 1.27. The van der Waals surface area contributed by atoms with Crippen LogP contribution in [0.1, 0.15) is 38.3 Å². The predicted molar refractivity (Wildman–Crippen MR) is 73.0 cm³/mol. The second-order valence-electron chi connectivity index (χ2n) is 4.91. The predicted octanol–water partition coefficient (Wildman–Crippen LogP) is 2.91. The summed E-state index contributed by atoms with van der Waals surface area (Å²) in [6, 6.07) is 9.19. The standard InChI is InChI=1S/C15H23NO2/c1-4-18-15-9-13(10-15)16-11(2)12-6-5-7-14(8-12)17-3/h5-8,11,13,15-16H,4,9-10H2,1-3H3/t11-,13?,15?/m0/s1. The summed E-state index contributed by atoms with van der Waals surface area (Å²) in [7, 11) is 1.70. The second kappa shape index (κ2) is 6.21. The number of methoxy groups -OCH3 is 1. The first-order valence-electron chi connectivity index (χ1n) is 6.74. The number of hydrogen-bond donors (Lipinski definition) is 1. The maximum atomic E-state index is 5.57. The largest absolute Gasteiger partial charge is 0.497 e. The summed E-state index contributed by atoms with van der Waals surface area (Å²) >= 11 is 0. The molecule has 3 heteroatoms. The van der Waals surface area contributed by atoms with Crippen LogP contribution in [0.3, 0.4) is 0 Å². The van der Waals surface area contributed by atoms with Gasteiger partial charge in [-0.3, -0.25) is 0 Å². The van der Waals surface area contributed by atoms with E-state index < -0.39 is 0 Å². The van der Waals surface area contributed by atoms with Crippen molar-refractivity contribution in [1.29, 1.82) is 0 Å². The maximum absolute atomic E-state index is 5.57. The Bertz CT molecular complexity index is 375. The molecule has 1 aromatic rings. The highest BCUT2D eigenvalue weighted by molar-refractivity contribution is 5.30. The molecule has 0 unspecified atom stereocenters. The number of rotatable bonds is 6. The van der Waals surface area contributed by atoms with Crippen LogP contribution in [0.4, 0.5) is 0 Å². The molecule has 1 aromatic carbocycles. The van der Waals surface area contributed by atoms with Gasteiger partial charge in [0.2, 0.25) is 0 Å². The Morgan fingerprint density at radius 1 is 1.39 bits per heavy atom. The first kappa shape index (κ1) is 13.4. The molecule has 0 aromatic heterocycles. The van der Waals surface area contributed by atoms with Gasteiger partial charge in [-0.1, -0.05) is 12.1 Å². The highest BCUT2D eigenvalue weighted by atomic mass is 16.5. The van der Waals surface area contributed by atoms with Gasteiger partial charge in [-0.05, 0) is 44.4 Å². The third-order valence-electron chi connectivity index (χ3n) is 3.58. The fraction of sp³-hybridized carbons (Fsp3) is 0.600. The van der Waals surface area contributed by atoms with E-state index >= 15 is 0 Å². The average molecular weight is 249 g/mol. The van der Waals surface area contributed by atoms with Gasteiger partial charge in [0.15, 0.2) is 0 Å². The van der Waals surface area contributed by atoms with Crippen LogP contribution in [0.25, 0.3) is 0 Å². The highest BCUT2D eigenvalue weighted by Gasteiger charge is 2.30. The number of benzene rings is 1. The number of nitrogens with one attached hydrogen (secondary N) is 1. The minimum absolute atomic E-state index is 0.354. The molecular weight excluding hydrogens is 226 g/mol. The van der Waals surface area contributed by atoms with Crippen molar-refractivity contribution < 1.29 is 9.47 Å². The Kier molecular flexibility index (Phi) is 4.61. The van der Waals surface area contributed by atoms with Crippen LogP contribution in [0, 0.1) is 0 Å². The molecule has 1 N–H and O–H groups in total. The maximum Gasteiger partial charge on any atom is 0.119 e. The third kappa shape index (κ3) is 3.24. The van der Waals surface area contributed by atoms with E-state index in [-0.39, 0.29) is 0 Å². The van der Waals surface area contributed by atoms with Gasteiger partial charge in [0.25, 0.3) is 0 Å². The van der Waals surface area contributed by atoms with Crippen molar-refractivity contribution in [2.24, 2.45) is 0 Å². The Hall–Kier alpha value is -1.06. The van der Waals surface area contributed by atoms with E-state index in [1.807, 2.05) is 12.1 Å². The molecule has 18 heavy (non-hydrogen) atoms. The van der Waals surface area contributed by atoms with Crippen LogP contribution in [0.5, 0.6) is 5.75 Å². The van der Waals surface area contributed by atoms with Crippen molar-refractivity contribution in [3.05, 3.63) is 29.8 Å². The molecule has 1 aliphatic rings. The van der Waals surface area contributed by atoms with Crippen molar-refractivity contribution >= 4 is 0 Å². The van der Waals surface area contributed by atoms with Gasteiger partial charge in [-0.15, -0.1) is 0 Å². The molecule has 1 fully saturated rings. The zero-order valence-corrected chi connectivity index (χ0v) is 11.5. The van der Waals surface area contributed by atoms with Crippen molar-refractivity contribution in [2.45, 2.75) is 44.9 Å². The molecule has 0 saturated heterocycles. The van der Waals surface area contributed by atoms with Gasteiger partial charge in [-0.25, -0.2) is 0 Å². The molecule has 0 amide bonds. The van der Waals surface area contributed by atoms with E-state index in [9.17, 15) is 0 Å². The lowest BCUT2D eigenvalue weighted by Crippen LogP contribution is -2.46. The van der Waals surface area contributed by atoms with Crippen molar-refractivity contribution in [3.8, 4) is 5.75 Å². The Balaban J connectivity index is 1.83. The lowest BCUT2D eigenvalue weighted by molar-refractivity contribution is -0.0120. The molecule has 2 rings (SSSR count). The molecule has 0 radical (unpaired) electrons. The van der Waals surface area contributed by atoms with Crippen molar-refractivity contribution in [1.82, 2.24) is 5.32 Å². The molecule has 1 atom stereocenters. The van der Waals surface area contributed by atoms with Crippen LogP contribution in [0.15, 0.2) is 24.3 Å². The lowest BCUT2D eigenvalue weighted by Gasteiger charge is -2.37. The summed E-state index contributed by atoms with van der Waals surface area (Å²) < 4.78 is 10.8. The smallest absolute Gasteiger partial charge is 0.119 e. The van der Waals surface area contributed by atoms with Crippen molar-refractivity contribution in [2.75, 3.05) is 13.7 Å². The van der Waals surface area contributed by atoms with E-state index in [1.165, 1.54) is 5.56 Å². The van der Waals surface area contributed by atoms with Crippen molar-refractivity contribution in [3.63, 3.8) is 0 Å². The van der Waals surface area contributed by atoms with E-state index in [0.29, 0.717) is 18.2 Å². The number of hydrogen-bond acceptors (Lipinski definition) is 3. The van der Waals surface area contributed by atoms with Crippen LogP contribution in [-0.2, 0) is 4.74 Å². The van der Waals surface area contributed by atoms with Gasteiger partial charge >= 0.3 is 0 Å². The molecule has 1 saturated carbocycles. The molecule has 0 heterocycles. The van der Waals surface area contributed by atoms with E-state index in [0.717, 1.165) is 25.2 Å². The first-order chi connectivity index (χ1) is 8.72. The second-order valence-corrected chi connectivity index (χ2v) is 4.91. The molecule has 0 spiro atoms. The summed E-state index contributed by atoms with van der Waals surface area (Å²) in [6.45, 7) is 5.07. The van der Waals surface area contributed by atoms with Gasteiger partial charge in [0, 0.05) is 18.7 Å². The van der Waals surface area contributed by atoms with Crippen LogP contribution in [-0.4, -0.2) is 25.9 Å². The molecule has 3 nitrogen and oxygen atoms in total. The minimum atomic E-state index is 0.354. The van der Waals surface area contributed by atoms with E-state index in [2.05, 4.69) is 31.3 Å². The molecule has 1 aliphatic carbocycles. The first-order valence-corrected chi connectivity index (χ1v) is 6.74. The SMILES string of the molecule is CCOC1CC(N[C@@H](C)c2cccc(OC)c2)C1. The Morgan fingerprint density at radius 3 is 2.83 bits per heavy atom. The Morgan fingerprint density at radius 2 is 2.17 bits per heavy atom. The zero-order valence-electron chi connectivity index (χ0n) is 11.5. The quantitative estimate of drug-likeness (QED) is 0.841. The summed E-state index contributed by atoms with van der Waals surface area (Å²) in [5, 5.41) is 3.64. The monoisotopic (exact) mass is 249 g/mol. The van der Waals surface area contributed by atoms with Gasteiger partial charge in [0.05, 0.1) is 13.2 Å². The molecular formula is C15H23NO2. The van der Waals surface area contributed by atoms with Gasteiger partial charge in [-0.2, -0.15) is 0 Å². The molecule has 0 bridgehead atoms. The summed E-state index contributed by atoms with van der Waals surface area (Å²) in [5.74, 6) is 0.918. The Labute approximate surface area is 109 Å². The lowest BCUT2D eigenvalue weighted by atomic mass is 9.88. The van der Waals surface area contributed by atoms with Gasteiger partial charge in [0.1, 0.15) is 5.75 Å². The average Bonchev–Trinajstić information content (AvgIpc) is 2.36. The van der Waals surface area contributed by atoms with Crippen LogP contribution in [0.2, 0.25) is 0 Å². The normalized spacial score (nSPS) is 24.4. The number of ether oxygens (including phenoxy) is 2. The topological polar surface area (TPSA) is 30.5 Å². The highest BCUT2D eigenvalue weighted by Crippen LogP contribution is 2.27. The van der Waals surface area contributed by atoms with Crippen LogP contribution < -0.4 is 10.1 Å². The fourth-order valence-electron chi connectivity index (χ4n) is 2.43. The zero-order chi connectivity index (χ0) is 13.0.